The van der Waals surface area contributed by atoms with Crippen molar-refractivity contribution >= 4 is 17.2 Å². The second-order valence-electron chi connectivity index (χ2n) is 4.60. The first-order valence-corrected chi connectivity index (χ1v) is 7.02. The fraction of sp³-hybridized carbons (Fsp3) is 0.286. The zero-order valence-electron chi connectivity index (χ0n) is 10.9. The summed E-state index contributed by atoms with van der Waals surface area (Å²) in [6.45, 7) is 3.71. The van der Waals surface area contributed by atoms with E-state index in [0.717, 1.165) is 12.1 Å². The maximum atomic E-state index is 12.0. The van der Waals surface area contributed by atoms with Crippen LogP contribution in [0, 0.1) is 6.92 Å². The van der Waals surface area contributed by atoms with E-state index in [0.29, 0.717) is 0 Å². The number of carbonyl (C=O) groups excluding carboxylic acids is 1. The van der Waals surface area contributed by atoms with Crippen molar-refractivity contribution in [3.05, 3.63) is 56.1 Å². The lowest BCUT2D eigenvalue weighted by Crippen LogP contribution is -2.36. The van der Waals surface area contributed by atoms with Crippen LogP contribution in [0.25, 0.3) is 0 Å². The molecule has 0 saturated heterocycles. The highest BCUT2D eigenvalue weighted by Gasteiger charge is 2.13. The zero-order chi connectivity index (χ0) is 13.8. The Kier molecular flexibility index (Phi) is 4.16. The number of thiophene rings is 1. The van der Waals surface area contributed by atoms with Gasteiger partial charge in [-0.15, -0.1) is 0 Å². The molecule has 0 saturated carbocycles. The molecule has 0 aromatic carbocycles. The molecular weight excluding hydrogens is 260 g/mol. The molecule has 0 aliphatic carbocycles. The number of aromatic amines is 1. The first-order chi connectivity index (χ1) is 9.06. The Labute approximate surface area is 115 Å². The molecule has 5 heteroatoms. The van der Waals surface area contributed by atoms with Gasteiger partial charge in [-0.2, -0.15) is 11.3 Å². The average Bonchev–Trinajstić information content (AvgIpc) is 2.81. The van der Waals surface area contributed by atoms with Crippen molar-refractivity contribution in [2.75, 3.05) is 0 Å². The van der Waals surface area contributed by atoms with E-state index >= 15 is 0 Å². The van der Waals surface area contributed by atoms with Crippen LogP contribution in [0.15, 0.2) is 33.9 Å². The van der Waals surface area contributed by atoms with Crippen molar-refractivity contribution < 1.29 is 4.79 Å². The highest BCUT2D eigenvalue weighted by atomic mass is 32.1. The van der Waals surface area contributed by atoms with E-state index in [1.807, 2.05) is 18.4 Å². The summed E-state index contributed by atoms with van der Waals surface area (Å²) in [5, 5.41) is 6.91. The third-order valence-corrected chi connectivity index (χ3v) is 3.53. The van der Waals surface area contributed by atoms with E-state index < -0.39 is 0 Å². The van der Waals surface area contributed by atoms with Crippen molar-refractivity contribution in [3.8, 4) is 0 Å². The van der Waals surface area contributed by atoms with Gasteiger partial charge < -0.3 is 10.3 Å². The van der Waals surface area contributed by atoms with E-state index in [9.17, 15) is 9.59 Å². The van der Waals surface area contributed by atoms with Crippen LogP contribution in [0.4, 0.5) is 0 Å². The van der Waals surface area contributed by atoms with Crippen LogP contribution >= 0.6 is 11.3 Å². The Bertz CT molecular complexity index is 617. The molecule has 0 fully saturated rings. The molecule has 1 amide bonds. The number of H-pyrrole nitrogens is 1. The molecule has 0 aliphatic heterocycles. The van der Waals surface area contributed by atoms with Gasteiger partial charge in [-0.05, 0) is 42.7 Å². The molecule has 4 nitrogen and oxygen atoms in total. The maximum absolute atomic E-state index is 12.0. The van der Waals surface area contributed by atoms with Gasteiger partial charge >= 0.3 is 0 Å². The molecule has 19 heavy (non-hydrogen) atoms. The standard InChI is InChI=1S/C14H16N2O2S/c1-9-6-13(17)12(7-15-9)14(18)16-10(2)5-11-3-4-19-8-11/h3-4,6-8,10H,5H2,1-2H3,(H,15,17)(H,16,18). The van der Waals surface area contributed by atoms with Gasteiger partial charge in [0.1, 0.15) is 5.56 Å². The fourth-order valence-electron chi connectivity index (χ4n) is 1.87. The van der Waals surface area contributed by atoms with E-state index in [1.165, 1.54) is 17.8 Å². The van der Waals surface area contributed by atoms with E-state index in [1.54, 1.807) is 18.3 Å². The number of hydrogen-bond acceptors (Lipinski definition) is 3. The topological polar surface area (TPSA) is 62.0 Å². The Balaban J connectivity index is 2.02. The summed E-state index contributed by atoms with van der Waals surface area (Å²) in [5.74, 6) is -0.330. The molecule has 1 unspecified atom stereocenters. The number of carbonyl (C=O) groups is 1. The van der Waals surface area contributed by atoms with Gasteiger partial charge in [0.05, 0.1) is 0 Å². The molecule has 2 heterocycles. The lowest BCUT2D eigenvalue weighted by atomic mass is 10.1. The highest BCUT2D eigenvalue weighted by Crippen LogP contribution is 2.08. The Morgan fingerprint density at radius 2 is 2.32 bits per heavy atom. The number of rotatable bonds is 4. The van der Waals surface area contributed by atoms with Crippen molar-refractivity contribution in [1.82, 2.24) is 10.3 Å². The van der Waals surface area contributed by atoms with Gasteiger partial charge in [0.25, 0.3) is 5.91 Å². The number of hydrogen-bond donors (Lipinski definition) is 2. The molecule has 0 radical (unpaired) electrons. The summed E-state index contributed by atoms with van der Waals surface area (Å²) in [7, 11) is 0. The largest absolute Gasteiger partial charge is 0.364 e. The van der Waals surface area contributed by atoms with Crippen LogP contribution in [-0.4, -0.2) is 16.9 Å². The van der Waals surface area contributed by atoms with Crippen LogP contribution in [0.2, 0.25) is 0 Å². The SMILES string of the molecule is Cc1cc(=O)c(C(=O)NC(C)Cc2ccsc2)c[nH]1. The third kappa shape index (κ3) is 3.54. The molecular formula is C14H16N2O2S. The van der Waals surface area contributed by atoms with Gasteiger partial charge in [0.15, 0.2) is 5.43 Å². The number of nitrogens with one attached hydrogen (secondary N) is 2. The normalized spacial score (nSPS) is 12.1. The predicted octanol–water partition coefficient (Wildman–Crippen LogP) is 2.11. The fourth-order valence-corrected chi connectivity index (χ4v) is 2.55. The van der Waals surface area contributed by atoms with Crippen molar-refractivity contribution in [2.24, 2.45) is 0 Å². The van der Waals surface area contributed by atoms with Crippen molar-refractivity contribution in [1.29, 1.82) is 0 Å². The number of aromatic nitrogens is 1. The van der Waals surface area contributed by atoms with Gasteiger partial charge in [-0.25, -0.2) is 0 Å². The van der Waals surface area contributed by atoms with Gasteiger partial charge in [0.2, 0.25) is 0 Å². The monoisotopic (exact) mass is 276 g/mol. The van der Waals surface area contributed by atoms with Crippen LogP contribution in [-0.2, 0) is 6.42 Å². The van der Waals surface area contributed by atoms with Crippen LogP contribution in [0.3, 0.4) is 0 Å². The summed E-state index contributed by atoms with van der Waals surface area (Å²) < 4.78 is 0. The van der Waals surface area contributed by atoms with E-state index in [2.05, 4.69) is 15.7 Å². The number of pyridine rings is 1. The highest BCUT2D eigenvalue weighted by molar-refractivity contribution is 7.07. The lowest BCUT2D eigenvalue weighted by molar-refractivity contribution is 0.0938. The summed E-state index contributed by atoms with van der Waals surface area (Å²) in [6.07, 6.45) is 2.23. The van der Waals surface area contributed by atoms with Gasteiger partial charge in [0, 0.05) is 24.0 Å². The Hall–Kier alpha value is -1.88. The Morgan fingerprint density at radius 3 is 2.95 bits per heavy atom. The molecule has 2 rings (SSSR count). The Morgan fingerprint density at radius 1 is 1.53 bits per heavy atom. The summed E-state index contributed by atoms with van der Waals surface area (Å²) in [5.41, 5.74) is 1.84. The molecule has 2 aromatic rings. The van der Waals surface area contributed by atoms with Gasteiger partial charge in [-0.3, -0.25) is 9.59 Å². The average molecular weight is 276 g/mol. The molecule has 0 bridgehead atoms. The molecule has 0 spiro atoms. The minimum absolute atomic E-state index is 0.0113. The first-order valence-electron chi connectivity index (χ1n) is 6.07. The van der Waals surface area contributed by atoms with Gasteiger partial charge in [-0.1, -0.05) is 0 Å². The first kappa shape index (κ1) is 13.5. The predicted molar refractivity (Wildman–Crippen MR) is 76.8 cm³/mol. The quantitative estimate of drug-likeness (QED) is 0.898. The van der Waals surface area contributed by atoms with Crippen molar-refractivity contribution in [3.63, 3.8) is 0 Å². The molecule has 0 aliphatic rings. The number of amides is 1. The van der Waals surface area contributed by atoms with Crippen molar-refractivity contribution in [2.45, 2.75) is 26.3 Å². The van der Waals surface area contributed by atoms with E-state index in [4.69, 9.17) is 0 Å². The maximum Gasteiger partial charge on any atom is 0.256 e. The zero-order valence-corrected chi connectivity index (χ0v) is 11.7. The minimum Gasteiger partial charge on any atom is -0.364 e. The van der Waals surface area contributed by atoms with Crippen LogP contribution in [0.5, 0.6) is 0 Å². The molecule has 2 aromatic heterocycles. The summed E-state index contributed by atoms with van der Waals surface area (Å²) >= 11 is 1.63. The third-order valence-electron chi connectivity index (χ3n) is 2.80. The molecule has 2 N–H and O–H groups in total. The van der Waals surface area contributed by atoms with Crippen LogP contribution in [0.1, 0.15) is 28.5 Å². The molecule has 100 valence electrons. The smallest absolute Gasteiger partial charge is 0.256 e. The second-order valence-corrected chi connectivity index (χ2v) is 5.38. The van der Waals surface area contributed by atoms with E-state index in [-0.39, 0.29) is 22.9 Å². The summed E-state index contributed by atoms with van der Waals surface area (Å²) in [6, 6.07) is 3.45. The molecule has 1 atom stereocenters. The summed E-state index contributed by atoms with van der Waals surface area (Å²) in [4.78, 5) is 26.6. The lowest BCUT2D eigenvalue weighted by Gasteiger charge is -2.12. The minimum atomic E-state index is -0.330. The van der Waals surface area contributed by atoms with Crippen LogP contribution < -0.4 is 10.7 Å². The second kappa shape index (κ2) is 5.84. The number of aryl methyl sites for hydroxylation is 1.